The van der Waals surface area contributed by atoms with Gasteiger partial charge < -0.3 is 9.47 Å². The van der Waals surface area contributed by atoms with E-state index in [2.05, 4.69) is 6.92 Å². The second kappa shape index (κ2) is 9.93. The minimum absolute atomic E-state index is 0.00347. The molecule has 2 fully saturated rings. The number of hydrogen-bond donors (Lipinski definition) is 0. The van der Waals surface area contributed by atoms with Gasteiger partial charge in [0.15, 0.2) is 0 Å². The monoisotopic (exact) mass is 382 g/mol. The summed E-state index contributed by atoms with van der Waals surface area (Å²) < 4.78 is 11.2. The van der Waals surface area contributed by atoms with Crippen LogP contribution < -0.4 is 0 Å². The van der Waals surface area contributed by atoms with Gasteiger partial charge in [-0.3, -0.25) is 9.59 Å². The normalized spacial score (nSPS) is 21.3. The Morgan fingerprint density at radius 2 is 1.52 bits per heavy atom. The van der Waals surface area contributed by atoms with Crippen molar-refractivity contribution in [1.29, 1.82) is 0 Å². The summed E-state index contributed by atoms with van der Waals surface area (Å²) in [4.78, 5) is 23.4. The van der Waals surface area contributed by atoms with Gasteiger partial charge in [0, 0.05) is 0 Å². The van der Waals surface area contributed by atoms with E-state index in [0.29, 0.717) is 0 Å². The molecule has 2 aliphatic rings. The minimum atomic E-state index is -0.321. The number of carbonyl (C=O) groups excluding carboxylic acids is 2. The van der Waals surface area contributed by atoms with Gasteiger partial charge in [-0.1, -0.05) is 27.7 Å². The van der Waals surface area contributed by atoms with Gasteiger partial charge >= 0.3 is 11.9 Å². The number of carbonyl (C=O) groups is 2. The van der Waals surface area contributed by atoms with Crippen LogP contribution in [-0.2, 0) is 19.1 Å². The Kier molecular flexibility index (Phi) is 8.82. The van der Waals surface area contributed by atoms with E-state index in [4.69, 9.17) is 9.47 Å². The van der Waals surface area contributed by atoms with Gasteiger partial charge in [-0.05, 0) is 85.0 Å². The predicted molar refractivity (Wildman–Crippen MR) is 109 cm³/mol. The van der Waals surface area contributed by atoms with E-state index in [9.17, 15) is 9.59 Å². The molecule has 2 saturated carbocycles. The minimum Gasteiger partial charge on any atom is -0.459 e. The fourth-order valence-corrected chi connectivity index (χ4v) is 3.31. The predicted octanol–water partition coefficient (Wildman–Crippen LogP) is 6.21. The van der Waals surface area contributed by atoms with Crippen molar-refractivity contribution < 1.29 is 19.1 Å². The van der Waals surface area contributed by atoms with E-state index in [1.807, 2.05) is 41.5 Å². The molecular weight excluding hydrogens is 340 g/mol. The fourth-order valence-electron chi connectivity index (χ4n) is 3.31. The van der Waals surface area contributed by atoms with Crippen LogP contribution in [-0.4, -0.2) is 23.1 Å². The first-order valence-electron chi connectivity index (χ1n) is 11.0. The number of ether oxygens (including phenoxy) is 2. The highest BCUT2D eigenvalue weighted by molar-refractivity contribution is 5.76. The topological polar surface area (TPSA) is 52.6 Å². The Hall–Kier alpha value is -1.06. The highest BCUT2D eigenvalue weighted by atomic mass is 16.6. The third-order valence-electron chi connectivity index (χ3n) is 6.68. The summed E-state index contributed by atoms with van der Waals surface area (Å²) in [7, 11) is 0. The third-order valence-corrected chi connectivity index (χ3v) is 6.68. The van der Waals surface area contributed by atoms with Crippen LogP contribution >= 0.6 is 0 Å². The van der Waals surface area contributed by atoms with E-state index in [-0.39, 0.29) is 34.5 Å². The van der Waals surface area contributed by atoms with Gasteiger partial charge in [-0.2, -0.15) is 0 Å². The van der Waals surface area contributed by atoms with Crippen molar-refractivity contribution in [1.82, 2.24) is 0 Å². The number of esters is 2. The van der Waals surface area contributed by atoms with E-state index in [0.717, 1.165) is 44.9 Å². The van der Waals surface area contributed by atoms with Crippen LogP contribution in [0.15, 0.2) is 0 Å². The molecule has 27 heavy (non-hydrogen) atoms. The molecule has 1 atom stereocenters. The van der Waals surface area contributed by atoms with Gasteiger partial charge in [0.1, 0.15) is 11.2 Å². The summed E-state index contributed by atoms with van der Waals surface area (Å²) in [5.74, 6) is 0.00692. The zero-order chi connectivity index (χ0) is 20.7. The molecule has 0 radical (unpaired) electrons. The van der Waals surface area contributed by atoms with Crippen LogP contribution in [0.5, 0.6) is 0 Å². The lowest BCUT2D eigenvalue weighted by atomic mass is 9.81. The Morgan fingerprint density at radius 3 is 1.89 bits per heavy atom. The Balaban J connectivity index is 0.000000271. The maximum absolute atomic E-state index is 11.7. The van der Waals surface area contributed by atoms with Crippen LogP contribution in [0.1, 0.15) is 113 Å². The maximum Gasteiger partial charge on any atom is 0.312 e. The lowest BCUT2D eigenvalue weighted by Crippen LogP contribution is -2.42. The molecule has 2 aliphatic carbocycles. The van der Waals surface area contributed by atoms with Crippen molar-refractivity contribution in [2.24, 2.45) is 11.3 Å². The highest BCUT2D eigenvalue weighted by Gasteiger charge is 2.39. The Morgan fingerprint density at radius 1 is 0.963 bits per heavy atom. The van der Waals surface area contributed by atoms with Gasteiger partial charge in [0.25, 0.3) is 0 Å². The first-order valence-corrected chi connectivity index (χ1v) is 11.0. The molecule has 0 bridgehead atoms. The summed E-state index contributed by atoms with van der Waals surface area (Å²) in [6.45, 7) is 14.0. The molecule has 0 N–H and O–H groups in total. The molecule has 0 amide bonds. The van der Waals surface area contributed by atoms with Crippen molar-refractivity contribution in [2.75, 3.05) is 0 Å². The smallest absolute Gasteiger partial charge is 0.312 e. The maximum atomic E-state index is 11.7. The van der Waals surface area contributed by atoms with E-state index >= 15 is 0 Å². The van der Waals surface area contributed by atoms with Crippen LogP contribution in [0.25, 0.3) is 0 Å². The van der Waals surface area contributed by atoms with Crippen molar-refractivity contribution in [3.8, 4) is 0 Å². The molecule has 0 saturated heterocycles. The van der Waals surface area contributed by atoms with Gasteiger partial charge in [0.2, 0.25) is 0 Å². The van der Waals surface area contributed by atoms with Gasteiger partial charge in [0.05, 0.1) is 11.3 Å². The second-order valence-corrected chi connectivity index (χ2v) is 9.40. The van der Waals surface area contributed by atoms with Crippen LogP contribution in [0, 0.1) is 11.3 Å². The molecule has 0 spiro atoms. The van der Waals surface area contributed by atoms with E-state index < -0.39 is 0 Å². The Labute approximate surface area is 166 Å². The standard InChI is InChI=1S/C12H22O2.C11H20O2/c1-4-10(3)11(13)14-12(5-2)8-6-7-9-12;1-5-10(2,3)9(12)13-11(4)7-6-8-11/h10H,4-9H2,1-3H3;5-8H2,1-4H3. The molecule has 0 aromatic rings. The summed E-state index contributed by atoms with van der Waals surface area (Å²) in [5.41, 5.74) is -0.581. The molecule has 0 aliphatic heterocycles. The SMILES string of the molecule is CCC(C)(C)C(=O)OC1(C)CCC1.CCC(C)C(=O)OC1(CC)CCCC1. The van der Waals surface area contributed by atoms with Gasteiger partial charge in [-0.15, -0.1) is 0 Å². The first kappa shape index (κ1) is 24.0. The quantitative estimate of drug-likeness (QED) is 0.491. The molecule has 158 valence electrons. The lowest BCUT2D eigenvalue weighted by molar-refractivity contribution is -0.177. The van der Waals surface area contributed by atoms with Crippen LogP contribution in [0.2, 0.25) is 0 Å². The number of rotatable bonds is 7. The zero-order valence-corrected chi connectivity index (χ0v) is 18.8. The lowest BCUT2D eigenvalue weighted by Gasteiger charge is -2.39. The number of hydrogen-bond acceptors (Lipinski definition) is 4. The zero-order valence-electron chi connectivity index (χ0n) is 18.8. The summed E-state index contributed by atoms with van der Waals surface area (Å²) in [6.07, 6.45) is 10.5. The molecule has 4 nitrogen and oxygen atoms in total. The molecule has 0 heterocycles. The van der Waals surface area contributed by atoms with Crippen molar-refractivity contribution in [3.63, 3.8) is 0 Å². The fraction of sp³-hybridized carbons (Fsp3) is 0.913. The molecule has 1 unspecified atom stereocenters. The molecular formula is C23H42O4. The largest absolute Gasteiger partial charge is 0.459 e. The average Bonchev–Trinajstić information content (AvgIpc) is 3.08. The van der Waals surface area contributed by atoms with E-state index in [1.165, 1.54) is 19.3 Å². The van der Waals surface area contributed by atoms with Crippen molar-refractivity contribution >= 4 is 11.9 Å². The Bertz CT molecular complexity index is 485. The summed E-state index contributed by atoms with van der Waals surface area (Å²) in [6, 6.07) is 0. The second-order valence-electron chi connectivity index (χ2n) is 9.40. The molecule has 2 rings (SSSR count). The van der Waals surface area contributed by atoms with Crippen molar-refractivity contribution in [3.05, 3.63) is 0 Å². The average molecular weight is 383 g/mol. The third kappa shape index (κ3) is 6.80. The van der Waals surface area contributed by atoms with Crippen molar-refractivity contribution in [2.45, 2.75) is 124 Å². The van der Waals surface area contributed by atoms with E-state index in [1.54, 1.807) is 0 Å². The first-order chi connectivity index (χ1) is 12.5. The van der Waals surface area contributed by atoms with Crippen LogP contribution in [0.3, 0.4) is 0 Å². The highest BCUT2D eigenvalue weighted by Crippen LogP contribution is 2.38. The van der Waals surface area contributed by atoms with Crippen LogP contribution in [0.4, 0.5) is 0 Å². The molecule has 4 heteroatoms. The summed E-state index contributed by atoms with van der Waals surface area (Å²) in [5, 5.41) is 0. The molecule has 0 aromatic carbocycles. The summed E-state index contributed by atoms with van der Waals surface area (Å²) >= 11 is 0. The molecule has 0 aromatic heterocycles. The van der Waals surface area contributed by atoms with Gasteiger partial charge in [-0.25, -0.2) is 0 Å².